The molecule has 1 aromatic carbocycles. The summed E-state index contributed by atoms with van der Waals surface area (Å²) < 4.78 is 0. The summed E-state index contributed by atoms with van der Waals surface area (Å²) in [6, 6.07) is 8.91. The largest absolute Gasteiger partial charge is 0.393 e. The molecule has 132 valence electrons. The Kier molecular flexibility index (Phi) is 5.66. The van der Waals surface area contributed by atoms with Gasteiger partial charge in [-0.1, -0.05) is 18.0 Å². The van der Waals surface area contributed by atoms with Crippen LogP contribution in [-0.2, 0) is 0 Å². The number of aliphatic hydroxyl groups excluding tert-OH is 1. The third-order valence-corrected chi connectivity index (χ3v) is 4.75. The van der Waals surface area contributed by atoms with Gasteiger partial charge in [0.2, 0.25) is 0 Å². The van der Waals surface area contributed by atoms with E-state index < -0.39 is 0 Å². The number of aryl methyl sites for hydroxylation is 1. The monoisotopic (exact) mass is 359 g/mol. The standard InChI is InChI=1S/C19H22ClN3O2/c1-12-9-17(19(25)21-11-13-3-2-4-16(24)10-13)23-18(22-12)14-5-7-15(20)8-6-14/h5-9,13,16,24H,2-4,10-11H2,1H3,(H,21,25)/t13-,16-/m1/s1. The Labute approximate surface area is 152 Å². The molecule has 1 heterocycles. The van der Waals surface area contributed by atoms with Crippen LogP contribution in [-0.4, -0.2) is 33.6 Å². The maximum absolute atomic E-state index is 12.5. The van der Waals surface area contributed by atoms with E-state index >= 15 is 0 Å². The molecule has 2 N–H and O–H groups in total. The van der Waals surface area contributed by atoms with Gasteiger partial charge in [-0.05, 0) is 62.4 Å². The zero-order chi connectivity index (χ0) is 17.8. The number of carbonyl (C=O) groups is 1. The molecule has 2 atom stereocenters. The number of amides is 1. The highest BCUT2D eigenvalue weighted by molar-refractivity contribution is 6.30. The van der Waals surface area contributed by atoms with E-state index in [-0.39, 0.29) is 12.0 Å². The first-order chi connectivity index (χ1) is 12.0. The van der Waals surface area contributed by atoms with Crippen molar-refractivity contribution in [1.29, 1.82) is 0 Å². The van der Waals surface area contributed by atoms with E-state index in [0.717, 1.165) is 36.9 Å². The van der Waals surface area contributed by atoms with E-state index in [9.17, 15) is 9.90 Å². The number of hydrogen-bond acceptors (Lipinski definition) is 4. The van der Waals surface area contributed by atoms with Crippen LogP contribution in [0.3, 0.4) is 0 Å². The van der Waals surface area contributed by atoms with Crippen molar-refractivity contribution in [2.24, 2.45) is 5.92 Å². The van der Waals surface area contributed by atoms with E-state index in [4.69, 9.17) is 11.6 Å². The van der Waals surface area contributed by atoms with Gasteiger partial charge in [-0.25, -0.2) is 9.97 Å². The average Bonchev–Trinajstić information content (AvgIpc) is 2.60. The van der Waals surface area contributed by atoms with E-state index in [2.05, 4.69) is 15.3 Å². The van der Waals surface area contributed by atoms with Crippen molar-refractivity contribution in [2.45, 2.75) is 38.7 Å². The van der Waals surface area contributed by atoms with E-state index in [0.29, 0.717) is 29.0 Å². The topological polar surface area (TPSA) is 75.1 Å². The minimum absolute atomic E-state index is 0.208. The summed E-state index contributed by atoms with van der Waals surface area (Å²) in [6.45, 7) is 2.41. The number of rotatable bonds is 4. The molecule has 0 spiro atoms. The highest BCUT2D eigenvalue weighted by Gasteiger charge is 2.21. The van der Waals surface area contributed by atoms with Crippen molar-refractivity contribution < 1.29 is 9.90 Å². The number of benzene rings is 1. The molecule has 0 aliphatic heterocycles. The maximum Gasteiger partial charge on any atom is 0.270 e. The number of aromatic nitrogens is 2. The zero-order valence-electron chi connectivity index (χ0n) is 14.2. The first-order valence-corrected chi connectivity index (χ1v) is 8.97. The molecule has 5 nitrogen and oxygen atoms in total. The molecule has 1 aliphatic rings. The van der Waals surface area contributed by atoms with Crippen molar-refractivity contribution in [2.75, 3.05) is 6.54 Å². The van der Waals surface area contributed by atoms with Crippen molar-refractivity contribution in [3.8, 4) is 11.4 Å². The Hall–Kier alpha value is -1.98. The van der Waals surface area contributed by atoms with E-state index in [1.165, 1.54) is 0 Å². The second-order valence-electron chi connectivity index (χ2n) is 6.62. The SMILES string of the molecule is Cc1cc(C(=O)NC[C@@H]2CCC[C@@H](O)C2)nc(-c2ccc(Cl)cc2)n1. The van der Waals surface area contributed by atoms with Crippen LogP contribution in [0, 0.1) is 12.8 Å². The van der Waals surface area contributed by atoms with Gasteiger partial charge >= 0.3 is 0 Å². The molecule has 0 unspecified atom stereocenters. The lowest BCUT2D eigenvalue weighted by molar-refractivity contribution is 0.0870. The average molecular weight is 360 g/mol. The third-order valence-electron chi connectivity index (χ3n) is 4.50. The van der Waals surface area contributed by atoms with Gasteiger partial charge in [0.1, 0.15) is 5.69 Å². The van der Waals surface area contributed by atoms with E-state index in [1.54, 1.807) is 18.2 Å². The van der Waals surface area contributed by atoms with Gasteiger partial charge in [-0.2, -0.15) is 0 Å². The molecule has 1 fully saturated rings. The lowest BCUT2D eigenvalue weighted by Crippen LogP contribution is -2.33. The maximum atomic E-state index is 12.5. The summed E-state index contributed by atoms with van der Waals surface area (Å²) >= 11 is 5.91. The second kappa shape index (κ2) is 7.93. The molecular formula is C19H22ClN3O2. The smallest absolute Gasteiger partial charge is 0.270 e. The Bertz CT molecular complexity index is 749. The first-order valence-electron chi connectivity index (χ1n) is 8.59. The Morgan fingerprint density at radius 3 is 2.76 bits per heavy atom. The minimum atomic E-state index is -0.242. The Morgan fingerprint density at radius 2 is 2.04 bits per heavy atom. The highest BCUT2D eigenvalue weighted by atomic mass is 35.5. The van der Waals surface area contributed by atoms with Crippen LogP contribution >= 0.6 is 11.6 Å². The van der Waals surface area contributed by atoms with Gasteiger partial charge in [0.05, 0.1) is 6.10 Å². The summed E-state index contributed by atoms with van der Waals surface area (Å²) in [4.78, 5) is 21.3. The molecule has 0 radical (unpaired) electrons. The fourth-order valence-corrected chi connectivity index (χ4v) is 3.31. The van der Waals surface area contributed by atoms with Gasteiger partial charge in [-0.15, -0.1) is 0 Å². The molecule has 1 aliphatic carbocycles. The highest BCUT2D eigenvalue weighted by Crippen LogP contribution is 2.23. The predicted molar refractivity (Wildman–Crippen MR) is 97.5 cm³/mol. The zero-order valence-corrected chi connectivity index (χ0v) is 15.0. The second-order valence-corrected chi connectivity index (χ2v) is 7.06. The predicted octanol–water partition coefficient (Wildman–Crippen LogP) is 3.39. The van der Waals surface area contributed by atoms with Crippen molar-refractivity contribution >= 4 is 17.5 Å². The van der Waals surface area contributed by atoms with Crippen molar-refractivity contribution in [3.63, 3.8) is 0 Å². The Morgan fingerprint density at radius 1 is 1.28 bits per heavy atom. The molecule has 25 heavy (non-hydrogen) atoms. The molecule has 1 saturated carbocycles. The van der Waals surface area contributed by atoms with Crippen LogP contribution in [0.2, 0.25) is 5.02 Å². The lowest BCUT2D eigenvalue weighted by Gasteiger charge is -2.25. The van der Waals surface area contributed by atoms with Gasteiger partial charge in [0, 0.05) is 22.8 Å². The molecule has 0 bridgehead atoms. The van der Waals surface area contributed by atoms with Crippen LogP contribution in [0.1, 0.15) is 41.9 Å². The third kappa shape index (κ3) is 4.77. The summed E-state index contributed by atoms with van der Waals surface area (Å²) in [5, 5.41) is 13.3. The fraction of sp³-hybridized carbons (Fsp3) is 0.421. The lowest BCUT2D eigenvalue weighted by atomic mass is 9.87. The van der Waals surface area contributed by atoms with Crippen LogP contribution in [0.15, 0.2) is 30.3 Å². The van der Waals surface area contributed by atoms with Crippen molar-refractivity contribution in [1.82, 2.24) is 15.3 Å². The number of nitrogens with zero attached hydrogens (tertiary/aromatic N) is 2. The van der Waals surface area contributed by atoms with Gasteiger partial charge in [-0.3, -0.25) is 4.79 Å². The van der Waals surface area contributed by atoms with Crippen molar-refractivity contribution in [3.05, 3.63) is 46.7 Å². The van der Waals surface area contributed by atoms with Gasteiger partial charge in [0.15, 0.2) is 5.82 Å². The number of nitrogens with one attached hydrogen (secondary N) is 1. The number of halogens is 1. The molecule has 2 aromatic rings. The normalized spacial score (nSPS) is 20.3. The summed E-state index contributed by atoms with van der Waals surface area (Å²) in [5.74, 6) is 0.627. The Balaban J connectivity index is 1.71. The first kappa shape index (κ1) is 17.8. The van der Waals surface area contributed by atoms with Crippen LogP contribution in [0.4, 0.5) is 0 Å². The summed E-state index contributed by atoms with van der Waals surface area (Å²) in [7, 11) is 0. The number of aliphatic hydroxyl groups is 1. The fourth-order valence-electron chi connectivity index (χ4n) is 3.19. The summed E-state index contributed by atoms with van der Waals surface area (Å²) in [5.41, 5.74) is 1.91. The van der Waals surface area contributed by atoms with Crippen LogP contribution < -0.4 is 5.32 Å². The van der Waals surface area contributed by atoms with Gasteiger partial charge in [0.25, 0.3) is 5.91 Å². The van der Waals surface area contributed by atoms with Crippen LogP contribution in [0.25, 0.3) is 11.4 Å². The van der Waals surface area contributed by atoms with Crippen LogP contribution in [0.5, 0.6) is 0 Å². The van der Waals surface area contributed by atoms with Gasteiger partial charge < -0.3 is 10.4 Å². The quantitative estimate of drug-likeness (QED) is 0.877. The van der Waals surface area contributed by atoms with E-state index in [1.807, 2.05) is 19.1 Å². The molecule has 0 saturated heterocycles. The molecule has 6 heteroatoms. The molecule has 1 amide bonds. The number of carbonyl (C=O) groups excluding carboxylic acids is 1. The molecule has 3 rings (SSSR count). The number of hydrogen-bond donors (Lipinski definition) is 2. The molecular weight excluding hydrogens is 338 g/mol. The minimum Gasteiger partial charge on any atom is -0.393 e. The summed E-state index contributed by atoms with van der Waals surface area (Å²) in [6.07, 6.45) is 3.41. The molecule has 1 aromatic heterocycles.